The molecular formula is C24H30N4O. The van der Waals surface area contributed by atoms with Crippen LogP contribution < -0.4 is 5.32 Å². The maximum Gasteiger partial charge on any atom is 0.289 e. The molecule has 1 aliphatic carbocycles. The predicted octanol–water partition coefficient (Wildman–Crippen LogP) is 4.43. The first-order chi connectivity index (χ1) is 14.1. The zero-order valence-corrected chi connectivity index (χ0v) is 17.3. The van der Waals surface area contributed by atoms with E-state index in [1.807, 2.05) is 29.2 Å². The number of H-pyrrole nitrogens is 1. The number of fused-ring (bicyclic) bond motifs is 1. The first kappa shape index (κ1) is 19.6. The number of benzene rings is 2. The van der Waals surface area contributed by atoms with Gasteiger partial charge in [-0.2, -0.15) is 0 Å². The Morgan fingerprint density at radius 3 is 2.72 bits per heavy atom. The van der Waals surface area contributed by atoms with Crippen LogP contribution in [0, 0.1) is 6.92 Å². The highest BCUT2D eigenvalue weighted by molar-refractivity contribution is 5.94. The number of para-hydroxylation sites is 2. The van der Waals surface area contributed by atoms with Crippen LogP contribution in [0.25, 0.3) is 11.0 Å². The van der Waals surface area contributed by atoms with Gasteiger partial charge in [0, 0.05) is 25.2 Å². The van der Waals surface area contributed by atoms with Crippen molar-refractivity contribution < 1.29 is 4.79 Å². The van der Waals surface area contributed by atoms with E-state index in [4.69, 9.17) is 0 Å². The second kappa shape index (κ2) is 8.78. The Hall–Kier alpha value is -2.66. The molecule has 1 aliphatic rings. The highest BCUT2D eigenvalue weighted by atomic mass is 16.2. The Labute approximate surface area is 172 Å². The van der Waals surface area contributed by atoms with Crippen molar-refractivity contribution in [2.75, 3.05) is 6.54 Å². The summed E-state index contributed by atoms with van der Waals surface area (Å²) >= 11 is 0. The van der Waals surface area contributed by atoms with E-state index < -0.39 is 0 Å². The van der Waals surface area contributed by atoms with Gasteiger partial charge in [-0.1, -0.05) is 42.0 Å². The van der Waals surface area contributed by atoms with Crippen LogP contribution in [-0.4, -0.2) is 39.4 Å². The second-order valence-corrected chi connectivity index (χ2v) is 8.08. The van der Waals surface area contributed by atoms with Gasteiger partial charge >= 0.3 is 0 Å². The summed E-state index contributed by atoms with van der Waals surface area (Å²) in [5.74, 6) is 0.454. The number of carbonyl (C=O) groups is 1. The number of imidazole rings is 1. The van der Waals surface area contributed by atoms with Crippen molar-refractivity contribution >= 4 is 16.9 Å². The third kappa shape index (κ3) is 4.51. The van der Waals surface area contributed by atoms with E-state index in [0.717, 1.165) is 36.8 Å². The van der Waals surface area contributed by atoms with Gasteiger partial charge in [0.25, 0.3) is 5.91 Å². The maximum atomic E-state index is 13.2. The van der Waals surface area contributed by atoms with Gasteiger partial charge in [0.2, 0.25) is 0 Å². The standard InChI is InChI=1S/C24H30N4O/c1-3-28(24(29)23-26-21-9-4-5-10-22(21)27-23)20-8-6-7-19(15-20)25-16-18-13-11-17(2)12-14-18/h4-5,9-14,19-20,25H,3,6-8,15-16H2,1-2H3,(H,26,27)/t19-,20+/m1/s1. The van der Waals surface area contributed by atoms with Crippen molar-refractivity contribution in [3.8, 4) is 0 Å². The minimum Gasteiger partial charge on any atom is -0.334 e. The molecule has 0 radical (unpaired) electrons. The van der Waals surface area contributed by atoms with Crippen molar-refractivity contribution in [1.29, 1.82) is 0 Å². The molecule has 0 unspecified atom stereocenters. The lowest BCUT2D eigenvalue weighted by Crippen LogP contribution is -2.47. The van der Waals surface area contributed by atoms with Crippen LogP contribution in [0.1, 0.15) is 54.4 Å². The number of nitrogens with zero attached hydrogens (tertiary/aromatic N) is 2. The van der Waals surface area contributed by atoms with E-state index in [1.165, 1.54) is 17.5 Å². The topological polar surface area (TPSA) is 61.0 Å². The molecule has 2 aromatic carbocycles. The Morgan fingerprint density at radius 2 is 1.97 bits per heavy atom. The molecule has 1 heterocycles. The van der Waals surface area contributed by atoms with E-state index in [9.17, 15) is 4.79 Å². The normalized spacial score (nSPS) is 19.4. The monoisotopic (exact) mass is 390 g/mol. The molecule has 2 atom stereocenters. The van der Waals surface area contributed by atoms with Gasteiger partial charge in [-0.25, -0.2) is 4.98 Å². The second-order valence-electron chi connectivity index (χ2n) is 8.08. The average molecular weight is 391 g/mol. The molecule has 0 spiro atoms. The van der Waals surface area contributed by atoms with E-state index in [2.05, 4.69) is 53.4 Å². The first-order valence-corrected chi connectivity index (χ1v) is 10.7. The lowest BCUT2D eigenvalue weighted by atomic mass is 9.89. The van der Waals surface area contributed by atoms with Crippen LogP contribution in [0.4, 0.5) is 0 Å². The van der Waals surface area contributed by atoms with Crippen molar-refractivity contribution in [2.45, 2.75) is 58.2 Å². The van der Waals surface area contributed by atoms with Crippen LogP contribution in [0.3, 0.4) is 0 Å². The van der Waals surface area contributed by atoms with Gasteiger partial charge in [0.15, 0.2) is 5.82 Å². The number of hydrogen-bond donors (Lipinski definition) is 2. The number of amides is 1. The van der Waals surface area contributed by atoms with Crippen LogP contribution in [0.15, 0.2) is 48.5 Å². The van der Waals surface area contributed by atoms with Gasteiger partial charge in [-0.3, -0.25) is 4.79 Å². The summed E-state index contributed by atoms with van der Waals surface area (Å²) in [7, 11) is 0. The lowest BCUT2D eigenvalue weighted by molar-refractivity contribution is 0.0617. The number of nitrogens with one attached hydrogen (secondary N) is 2. The Balaban J connectivity index is 1.41. The fraction of sp³-hybridized carbons (Fsp3) is 0.417. The van der Waals surface area contributed by atoms with Crippen molar-refractivity contribution in [1.82, 2.24) is 20.2 Å². The Kier molecular flexibility index (Phi) is 5.95. The largest absolute Gasteiger partial charge is 0.334 e. The molecule has 1 aromatic heterocycles. The summed E-state index contributed by atoms with van der Waals surface area (Å²) in [6.07, 6.45) is 4.35. The van der Waals surface area contributed by atoms with E-state index in [0.29, 0.717) is 18.4 Å². The molecule has 4 rings (SSSR count). The third-order valence-electron chi connectivity index (χ3n) is 6.00. The third-order valence-corrected chi connectivity index (χ3v) is 6.00. The summed E-state index contributed by atoms with van der Waals surface area (Å²) in [5, 5.41) is 3.71. The molecule has 5 nitrogen and oxygen atoms in total. The summed E-state index contributed by atoms with van der Waals surface area (Å²) in [4.78, 5) is 22.9. The lowest BCUT2D eigenvalue weighted by Gasteiger charge is -2.37. The number of hydrogen-bond acceptors (Lipinski definition) is 3. The quantitative estimate of drug-likeness (QED) is 0.654. The molecule has 152 valence electrons. The molecule has 0 bridgehead atoms. The molecule has 1 saturated carbocycles. The molecule has 3 aromatic rings. The van der Waals surface area contributed by atoms with E-state index in [-0.39, 0.29) is 11.9 Å². The predicted molar refractivity (Wildman–Crippen MR) is 117 cm³/mol. The van der Waals surface area contributed by atoms with Gasteiger partial charge in [-0.05, 0) is 57.2 Å². The van der Waals surface area contributed by atoms with Crippen LogP contribution in [0.5, 0.6) is 0 Å². The van der Waals surface area contributed by atoms with E-state index >= 15 is 0 Å². The van der Waals surface area contributed by atoms with Crippen molar-refractivity contribution in [2.24, 2.45) is 0 Å². The molecule has 0 saturated heterocycles. The molecular weight excluding hydrogens is 360 g/mol. The number of aryl methyl sites for hydroxylation is 1. The van der Waals surface area contributed by atoms with Gasteiger partial charge in [0.1, 0.15) is 0 Å². The van der Waals surface area contributed by atoms with Crippen LogP contribution >= 0.6 is 0 Å². The smallest absolute Gasteiger partial charge is 0.289 e. The number of aromatic amines is 1. The zero-order valence-electron chi connectivity index (χ0n) is 17.3. The number of aromatic nitrogens is 2. The van der Waals surface area contributed by atoms with Crippen molar-refractivity contribution in [3.05, 3.63) is 65.5 Å². The summed E-state index contributed by atoms with van der Waals surface area (Å²) in [6.45, 7) is 5.75. The minimum absolute atomic E-state index is 0.00730. The Bertz CT molecular complexity index is 929. The summed E-state index contributed by atoms with van der Waals surface area (Å²) in [6, 6.07) is 17.2. The maximum absolute atomic E-state index is 13.2. The van der Waals surface area contributed by atoms with Crippen molar-refractivity contribution in [3.63, 3.8) is 0 Å². The Morgan fingerprint density at radius 1 is 1.17 bits per heavy atom. The zero-order chi connectivity index (χ0) is 20.2. The first-order valence-electron chi connectivity index (χ1n) is 10.7. The molecule has 2 N–H and O–H groups in total. The fourth-order valence-corrected chi connectivity index (χ4v) is 4.36. The molecule has 1 fully saturated rings. The van der Waals surface area contributed by atoms with Crippen LogP contribution in [0.2, 0.25) is 0 Å². The SMILES string of the molecule is CCN(C(=O)c1nc2ccccc2[nH]1)[C@H]1CCC[C@@H](NCc2ccc(C)cc2)C1. The minimum atomic E-state index is 0.00730. The summed E-state index contributed by atoms with van der Waals surface area (Å²) < 4.78 is 0. The van der Waals surface area contributed by atoms with Crippen LogP contribution in [-0.2, 0) is 6.54 Å². The molecule has 1 amide bonds. The van der Waals surface area contributed by atoms with Gasteiger partial charge in [0.05, 0.1) is 11.0 Å². The van der Waals surface area contributed by atoms with Gasteiger partial charge < -0.3 is 15.2 Å². The number of carbonyl (C=O) groups excluding carboxylic acids is 1. The van der Waals surface area contributed by atoms with Gasteiger partial charge in [-0.15, -0.1) is 0 Å². The summed E-state index contributed by atoms with van der Waals surface area (Å²) in [5.41, 5.74) is 4.35. The molecule has 29 heavy (non-hydrogen) atoms. The molecule has 5 heteroatoms. The fourth-order valence-electron chi connectivity index (χ4n) is 4.36. The molecule has 0 aliphatic heterocycles. The average Bonchev–Trinajstić information content (AvgIpc) is 3.18. The van der Waals surface area contributed by atoms with E-state index in [1.54, 1.807) is 0 Å². The number of rotatable bonds is 6. The highest BCUT2D eigenvalue weighted by Crippen LogP contribution is 2.25. The highest BCUT2D eigenvalue weighted by Gasteiger charge is 2.30.